The lowest BCUT2D eigenvalue weighted by atomic mass is 10.0. The number of ketones is 1. The van der Waals surface area contributed by atoms with Crippen LogP contribution in [0.3, 0.4) is 0 Å². The van der Waals surface area contributed by atoms with Crippen LogP contribution in [-0.2, 0) is 0 Å². The van der Waals surface area contributed by atoms with Gasteiger partial charge in [-0.1, -0.05) is 34.1 Å². The molecule has 3 heteroatoms. The molecule has 0 fully saturated rings. The van der Waals surface area contributed by atoms with Crippen LogP contribution in [0.5, 0.6) is 0 Å². The molecule has 3 rings (SSSR count). The van der Waals surface area contributed by atoms with E-state index < -0.39 is 0 Å². The number of aromatic nitrogens is 1. The molecule has 0 aliphatic carbocycles. The molecule has 0 saturated carbocycles. The summed E-state index contributed by atoms with van der Waals surface area (Å²) < 4.78 is 0.958. The number of benzene rings is 2. The SMILES string of the molecule is O=C(c1ccc(Br)cc1)c1cccc2cccnc12. The van der Waals surface area contributed by atoms with Crippen molar-refractivity contribution in [2.24, 2.45) is 0 Å². The number of pyridine rings is 1. The van der Waals surface area contributed by atoms with Crippen molar-refractivity contribution >= 4 is 32.6 Å². The van der Waals surface area contributed by atoms with Crippen LogP contribution in [0.4, 0.5) is 0 Å². The third-order valence-electron chi connectivity index (χ3n) is 2.98. The second-order valence-corrected chi connectivity index (χ2v) is 5.13. The highest BCUT2D eigenvalue weighted by atomic mass is 79.9. The topological polar surface area (TPSA) is 30.0 Å². The smallest absolute Gasteiger partial charge is 0.195 e. The Bertz CT molecular complexity index is 745. The van der Waals surface area contributed by atoms with E-state index in [0.717, 1.165) is 15.4 Å². The van der Waals surface area contributed by atoms with Crippen LogP contribution in [0.1, 0.15) is 15.9 Å². The molecule has 1 heterocycles. The van der Waals surface area contributed by atoms with Gasteiger partial charge in [-0.05, 0) is 36.4 Å². The van der Waals surface area contributed by atoms with Crippen molar-refractivity contribution in [2.75, 3.05) is 0 Å². The van der Waals surface area contributed by atoms with Gasteiger partial charge in [-0.2, -0.15) is 0 Å². The number of carbonyl (C=O) groups is 1. The Morgan fingerprint density at radius 1 is 0.947 bits per heavy atom. The van der Waals surface area contributed by atoms with Crippen molar-refractivity contribution in [2.45, 2.75) is 0 Å². The van der Waals surface area contributed by atoms with Crippen molar-refractivity contribution < 1.29 is 4.79 Å². The van der Waals surface area contributed by atoms with Gasteiger partial charge in [0.1, 0.15) is 0 Å². The lowest BCUT2D eigenvalue weighted by Crippen LogP contribution is -2.02. The summed E-state index contributed by atoms with van der Waals surface area (Å²) in [6.45, 7) is 0. The highest BCUT2D eigenvalue weighted by Crippen LogP contribution is 2.20. The first-order valence-corrected chi connectivity index (χ1v) is 6.69. The maximum Gasteiger partial charge on any atom is 0.195 e. The second kappa shape index (κ2) is 4.94. The van der Waals surface area contributed by atoms with Crippen molar-refractivity contribution in [1.29, 1.82) is 0 Å². The number of para-hydroxylation sites is 1. The summed E-state index contributed by atoms with van der Waals surface area (Å²) in [5.74, 6) is -0.00296. The van der Waals surface area contributed by atoms with E-state index in [1.54, 1.807) is 6.20 Å². The quantitative estimate of drug-likeness (QED) is 0.663. The Morgan fingerprint density at radius 3 is 2.47 bits per heavy atom. The molecule has 3 aromatic rings. The highest BCUT2D eigenvalue weighted by molar-refractivity contribution is 9.10. The summed E-state index contributed by atoms with van der Waals surface area (Å²) >= 11 is 3.37. The summed E-state index contributed by atoms with van der Waals surface area (Å²) in [6, 6.07) is 16.9. The first-order chi connectivity index (χ1) is 9.25. The first-order valence-electron chi connectivity index (χ1n) is 5.90. The number of nitrogens with zero attached hydrogens (tertiary/aromatic N) is 1. The number of halogens is 1. The zero-order chi connectivity index (χ0) is 13.2. The minimum Gasteiger partial charge on any atom is -0.289 e. The third kappa shape index (κ3) is 2.29. The van der Waals surface area contributed by atoms with E-state index >= 15 is 0 Å². The van der Waals surface area contributed by atoms with E-state index in [2.05, 4.69) is 20.9 Å². The second-order valence-electron chi connectivity index (χ2n) is 4.22. The Labute approximate surface area is 119 Å². The van der Waals surface area contributed by atoms with Crippen LogP contribution in [0.15, 0.2) is 65.3 Å². The number of carbonyl (C=O) groups excluding carboxylic acids is 1. The molecule has 0 unspecified atom stereocenters. The number of fused-ring (bicyclic) bond motifs is 1. The molecule has 92 valence electrons. The van der Waals surface area contributed by atoms with Crippen LogP contribution in [0.25, 0.3) is 10.9 Å². The monoisotopic (exact) mass is 311 g/mol. The van der Waals surface area contributed by atoms with Gasteiger partial charge in [-0.15, -0.1) is 0 Å². The van der Waals surface area contributed by atoms with E-state index in [0.29, 0.717) is 11.1 Å². The number of rotatable bonds is 2. The highest BCUT2D eigenvalue weighted by Gasteiger charge is 2.12. The molecule has 0 aliphatic rings. The molecule has 0 amide bonds. The summed E-state index contributed by atoms with van der Waals surface area (Å²) in [6.07, 6.45) is 1.71. The van der Waals surface area contributed by atoms with Gasteiger partial charge < -0.3 is 0 Å². The standard InChI is InChI=1S/C16H10BrNO/c17-13-8-6-12(7-9-13)16(19)14-5-1-3-11-4-2-10-18-15(11)14/h1-10H. The molecule has 0 saturated heterocycles. The van der Waals surface area contributed by atoms with Crippen LogP contribution < -0.4 is 0 Å². The molecular weight excluding hydrogens is 302 g/mol. The van der Waals surface area contributed by atoms with Crippen LogP contribution >= 0.6 is 15.9 Å². The number of hydrogen-bond acceptors (Lipinski definition) is 2. The van der Waals surface area contributed by atoms with E-state index in [1.165, 1.54) is 0 Å². The van der Waals surface area contributed by atoms with Crippen molar-refractivity contribution in [3.05, 3.63) is 76.4 Å². The molecule has 0 spiro atoms. The number of hydrogen-bond donors (Lipinski definition) is 0. The molecule has 0 N–H and O–H groups in total. The Kier molecular flexibility index (Phi) is 3.13. The minimum atomic E-state index is -0.00296. The Morgan fingerprint density at radius 2 is 1.68 bits per heavy atom. The zero-order valence-corrected chi connectivity index (χ0v) is 11.6. The molecule has 0 radical (unpaired) electrons. The predicted molar refractivity (Wildman–Crippen MR) is 79.3 cm³/mol. The van der Waals surface area contributed by atoms with Gasteiger partial charge >= 0.3 is 0 Å². The molecule has 0 atom stereocenters. The van der Waals surface area contributed by atoms with Gasteiger partial charge in [0.25, 0.3) is 0 Å². The average Bonchev–Trinajstić information content (AvgIpc) is 2.47. The zero-order valence-electron chi connectivity index (χ0n) is 10.0. The summed E-state index contributed by atoms with van der Waals surface area (Å²) in [5.41, 5.74) is 2.06. The molecule has 19 heavy (non-hydrogen) atoms. The maximum absolute atomic E-state index is 12.5. The fraction of sp³-hybridized carbons (Fsp3) is 0. The minimum absolute atomic E-state index is 0.00296. The van der Waals surface area contributed by atoms with Gasteiger partial charge in [0, 0.05) is 27.2 Å². The third-order valence-corrected chi connectivity index (χ3v) is 3.51. The van der Waals surface area contributed by atoms with Gasteiger partial charge in [0.15, 0.2) is 5.78 Å². The Hall–Kier alpha value is -2.00. The van der Waals surface area contributed by atoms with E-state index in [1.807, 2.05) is 54.6 Å². The van der Waals surface area contributed by atoms with Gasteiger partial charge in [0.05, 0.1) is 5.52 Å². The molecular formula is C16H10BrNO. The summed E-state index contributed by atoms with van der Waals surface area (Å²) in [4.78, 5) is 16.8. The van der Waals surface area contributed by atoms with E-state index in [-0.39, 0.29) is 5.78 Å². The van der Waals surface area contributed by atoms with Crippen molar-refractivity contribution in [3.8, 4) is 0 Å². The fourth-order valence-electron chi connectivity index (χ4n) is 2.04. The predicted octanol–water partition coefficient (Wildman–Crippen LogP) is 4.23. The normalized spacial score (nSPS) is 10.6. The summed E-state index contributed by atoms with van der Waals surface area (Å²) in [5, 5.41) is 0.977. The maximum atomic E-state index is 12.5. The van der Waals surface area contributed by atoms with Crippen LogP contribution in [0.2, 0.25) is 0 Å². The molecule has 2 aromatic carbocycles. The lowest BCUT2D eigenvalue weighted by molar-refractivity contribution is 0.104. The van der Waals surface area contributed by atoms with E-state index in [4.69, 9.17) is 0 Å². The summed E-state index contributed by atoms with van der Waals surface area (Å²) in [7, 11) is 0. The van der Waals surface area contributed by atoms with Crippen LogP contribution in [-0.4, -0.2) is 10.8 Å². The van der Waals surface area contributed by atoms with Gasteiger partial charge in [-0.25, -0.2) is 0 Å². The molecule has 1 aromatic heterocycles. The first kappa shape index (κ1) is 12.1. The average molecular weight is 312 g/mol. The van der Waals surface area contributed by atoms with E-state index in [9.17, 15) is 4.79 Å². The van der Waals surface area contributed by atoms with Crippen molar-refractivity contribution in [1.82, 2.24) is 4.98 Å². The molecule has 0 aliphatic heterocycles. The largest absolute Gasteiger partial charge is 0.289 e. The fourth-order valence-corrected chi connectivity index (χ4v) is 2.31. The lowest BCUT2D eigenvalue weighted by Gasteiger charge is -2.05. The Balaban J connectivity index is 2.14. The van der Waals surface area contributed by atoms with Crippen molar-refractivity contribution in [3.63, 3.8) is 0 Å². The van der Waals surface area contributed by atoms with Crippen LogP contribution in [0, 0.1) is 0 Å². The molecule has 0 bridgehead atoms. The van der Waals surface area contributed by atoms with Gasteiger partial charge in [-0.3, -0.25) is 9.78 Å². The van der Waals surface area contributed by atoms with Gasteiger partial charge in [0.2, 0.25) is 0 Å². The molecule has 2 nitrogen and oxygen atoms in total.